The highest BCUT2D eigenvalue weighted by Crippen LogP contribution is 2.28. The average molecular weight is 180 g/mol. The first-order valence-corrected chi connectivity index (χ1v) is 4.61. The molecule has 1 heteroatoms. The molecule has 3 rings (SSSR count). The minimum atomic E-state index is 0.149. The number of hydrogen-bond donors (Lipinski definition) is 0. The van der Waals surface area contributed by atoms with Gasteiger partial charge in [0.2, 0.25) is 0 Å². The van der Waals surface area contributed by atoms with Gasteiger partial charge in [0.05, 0.1) is 0 Å². The Labute approximate surface area is 81.3 Å². The number of benzene rings is 2. The van der Waals surface area contributed by atoms with Crippen molar-refractivity contribution >= 4 is 10.8 Å². The average Bonchev–Trinajstić information content (AvgIpc) is 2.55. The summed E-state index contributed by atoms with van der Waals surface area (Å²) >= 11 is 0. The largest absolute Gasteiger partial charge is 0.307 e. The summed E-state index contributed by atoms with van der Waals surface area (Å²) in [6.07, 6.45) is 0. The van der Waals surface area contributed by atoms with E-state index in [1.54, 1.807) is 0 Å². The lowest BCUT2D eigenvalue weighted by atomic mass is 10.1. The van der Waals surface area contributed by atoms with E-state index in [9.17, 15) is 4.79 Å². The van der Waals surface area contributed by atoms with Gasteiger partial charge in [0, 0.05) is 0 Å². The molecule has 14 heavy (non-hydrogen) atoms. The van der Waals surface area contributed by atoms with Gasteiger partial charge in [-0.3, -0.25) is 0 Å². The molecule has 0 atom stereocenters. The molecule has 1 aromatic carbocycles. The molecule has 0 saturated carbocycles. The summed E-state index contributed by atoms with van der Waals surface area (Å²) < 4.78 is 0. The Morgan fingerprint density at radius 1 is 1.14 bits per heavy atom. The minimum absolute atomic E-state index is 0.149. The van der Waals surface area contributed by atoms with Gasteiger partial charge in [-0.25, -0.2) is 0 Å². The highest BCUT2D eigenvalue weighted by atomic mass is 16.1. The van der Waals surface area contributed by atoms with Crippen LogP contribution in [0.4, 0.5) is 0 Å². The monoisotopic (exact) mass is 180 g/mol. The van der Waals surface area contributed by atoms with Crippen molar-refractivity contribution in [3.8, 4) is 11.1 Å². The summed E-state index contributed by atoms with van der Waals surface area (Å²) in [5.41, 5.74) is 2.04. The fraction of sp³-hybridized carbons (Fsp3) is 0. The van der Waals surface area contributed by atoms with Crippen molar-refractivity contribution < 1.29 is 0 Å². The van der Waals surface area contributed by atoms with Crippen molar-refractivity contribution in [2.75, 3.05) is 0 Å². The molecule has 1 nitrogen and oxygen atoms in total. The smallest absolute Gasteiger partial charge is 0.119 e. The van der Waals surface area contributed by atoms with Gasteiger partial charge in [0.15, 0.2) is 0 Å². The molecule has 0 aliphatic heterocycles. The Hall–Kier alpha value is -1.89. The molecular weight excluding hydrogens is 172 g/mol. The fourth-order valence-electron chi connectivity index (χ4n) is 1.98. The third-order valence-electron chi connectivity index (χ3n) is 2.63. The lowest BCUT2D eigenvalue weighted by Crippen LogP contribution is -1.95. The van der Waals surface area contributed by atoms with Crippen molar-refractivity contribution in [1.82, 2.24) is 0 Å². The van der Waals surface area contributed by atoms with Gasteiger partial charge in [-0.1, -0.05) is 10.9 Å². The predicted molar refractivity (Wildman–Crippen MR) is 58.0 cm³/mol. The standard InChI is InChI=1S/C13H8O/c14-13-11-7-3-1-5-9(11)10-6-2-4-8-12(10)13/h1-8H/q-2. The third-order valence-corrected chi connectivity index (χ3v) is 2.63. The molecule has 0 N–H and O–H groups in total. The van der Waals surface area contributed by atoms with Gasteiger partial charge >= 0.3 is 0 Å². The van der Waals surface area contributed by atoms with Crippen molar-refractivity contribution in [3.05, 3.63) is 58.8 Å². The van der Waals surface area contributed by atoms with Gasteiger partial charge in [-0.05, 0) is 0 Å². The molecule has 0 saturated heterocycles. The highest BCUT2D eigenvalue weighted by molar-refractivity contribution is 6.01. The second-order valence-corrected chi connectivity index (χ2v) is 3.42. The van der Waals surface area contributed by atoms with E-state index in [1.807, 2.05) is 48.5 Å². The first-order chi connectivity index (χ1) is 6.88. The van der Waals surface area contributed by atoms with E-state index in [0.29, 0.717) is 0 Å². The quantitative estimate of drug-likeness (QED) is 0.486. The summed E-state index contributed by atoms with van der Waals surface area (Å²) in [5, 5.41) is 1.89. The van der Waals surface area contributed by atoms with Crippen LogP contribution in [0.2, 0.25) is 0 Å². The van der Waals surface area contributed by atoms with E-state index in [1.165, 1.54) is 0 Å². The Morgan fingerprint density at radius 2 is 2.07 bits per heavy atom. The van der Waals surface area contributed by atoms with Crippen molar-refractivity contribution in [3.63, 3.8) is 0 Å². The Balaban J connectivity index is 2.68. The number of rotatable bonds is 0. The van der Waals surface area contributed by atoms with Crippen LogP contribution in [0.1, 0.15) is 0 Å². The third kappa shape index (κ3) is 0.814. The van der Waals surface area contributed by atoms with Crippen LogP contribution < -0.4 is 5.43 Å². The predicted octanol–water partition coefficient (Wildman–Crippen LogP) is 2.74. The fourth-order valence-corrected chi connectivity index (χ4v) is 1.98. The maximum absolute atomic E-state index is 11.9. The van der Waals surface area contributed by atoms with Gasteiger partial charge in [0.25, 0.3) is 0 Å². The Morgan fingerprint density at radius 3 is 3.00 bits per heavy atom. The molecule has 2 aliphatic rings. The van der Waals surface area contributed by atoms with E-state index in [0.717, 1.165) is 21.9 Å². The van der Waals surface area contributed by atoms with Crippen molar-refractivity contribution in [2.24, 2.45) is 0 Å². The molecule has 0 amide bonds. The SMILES string of the molecule is O=c1c2c[cH-]ccc-2c2cccc[c-]12. The van der Waals surface area contributed by atoms with Crippen LogP contribution in [0.5, 0.6) is 0 Å². The number of fused-ring (bicyclic) bond motifs is 3. The van der Waals surface area contributed by atoms with Crippen LogP contribution in [0, 0.1) is 0 Å². The second kappa shape index (κ2) is 2.55. The molecule has 0 fully saturated rings. The number of hydrogen-bond acceptors (Lipinski definition) is 1. The van der Waals surface area contributed by atoms with Gasteiger partial charge < -0.3 is 4.79 Å². The molecular formula is C13H8O-2. The topological polar surface area (TPSA) is 17.1 Å². The molecule has 0 unspecified atom stereocenters. The lowest BCUT2D eigenvalue weighted by molar-refractivity contribution is 1.67. The molecule has 68 valence electrons. The summed E-state index contributed by atoms with van der Waals surface area (Å²) in [4.78, 5) is 11.9. The van der Waals surface area contributed by atoms with Gasteiger partial charge in [0.1, 0.15) is 5.43 Å². The zero-order valence-electron chi connectivity index (χ0n) is 7.53. The van der Waals surface area contributed by atoms with Crippen molar-refractivity contribution in [1.29, 1.82) is 0 Å². The molecule has 0 spiro atoms. The maximum atomic E-state index is 11.9. The van der Waals surface area contributed by atoms with E-state index >= 15 is 0 Å². The first-order valence-electron chi connectivity index (χ1n) is 4.61. The summed E-state index contributed by atoms with van der Waals surface area (Å²) in [6.45, 7) is 0. The molecule has 0 aromatic heterocycles. The first kappa shape index (κ1) is 7.51. The van der Waals surface area contributed by atoms with E-state index in [2.05, 4.69) is 0 Å². The Bertz CT molecular complexity index is 613. The highest BCUT2D eigenvalue weighted by Gasteiger charge is 2.02. The van der Waals surface area contributed by atoms with Crippen LogP contribution >= 0.6 is 0 Å². The lowest BCUT2D eigenvalue weighted by Gasteiger charge is -2.07. The molecule has 0 radical (unpaired) electrons. The molecule has 1 aromatic rings. The van der Waals surface area contributed by atoms with Gasteiger partial charge in [-0.15, -0.1) is 35.7 Å². The minimum Gasteiger partial charge on any atom is -0.307 e. The van der Waals surface area contributed by atoms with Crippen LogP contribution in [0.25, 0.3) is 21.9 Å². The molecule has 0 bridgehead atoms. The van der Waals surface area contributed by atoms with Crippen LogP contribution in [0.3, 0.4) is 0 Å². The van der Waals surface area contributed by atoms with Crippen LogP contribution in [-0.4, -0.2) is 0 Å². The summed E-state index contributed by atoms with van der Waals surface area (Å²) in [7, 11) is 0. The van der Waals surface area contributed by atoms with Crippen LogP contribution in [0.15, 0.2) is 53.3 Å². The van der Waals surface area contributed by atoms with E-state index in [-0.39, 0.29) is 5.43 Å². The normalized spacial score (nSPS) is 11.1. The van der Waals surface area contributed by atoms with E-state index in [4.69, 9.17) is 0 Å². The molecule has 2 aliphatic carbocycles. The summed E-state index contributed by atoms with van der Waals surface area (Å²) in [6, 6.07) is 15.5. The molecule has 0 heterocycles. The van der Waals surface area contributed by atoms with E-state index < -0.39 is 0 Å². The van der Waals surface area contributed by atoms with Crippen LogP contribution in [-0.2, 0) is 0 Å². The second-order valence-electron chi connectivity index (χ2n) is 3.42. The zero-order valence-corrected chi connectivity index (χ0v) is 7.53. The van der Waals surface area contributed by atoms with Crippen molar-refractivity contribution in [2.45, 2.75) is 0 Å². The van der Waals surface area contributed by atoms with Gasteiger partial charge in [-0.2, -0.15) is 23.8 Å². The summed E-state index contributed by atoms with van der Waals surface area (Å²) in [5.74, 6) is 0. The Kier molecular flexibility index (Phi) is 1.37. The zero-order chi connectivity index (χ0) is 9.54. The maximum Gasteiger partial charge on any atom is 0.119 e.